The van der Waals surface area contributed by atoms with E-state index in [1.54, 1.807) is 4.57 Å². The first kappa shape index (κ1) is 19.9. The maximum Gasteiger partial charge on any atom is 0.392 e. The number of pyridine rings is 1. The van der Waals surface area contributed by atoms with Crippen molar-refractivity contribution in [2.45, 2.75) is 96.8 Å². The summed E-state index contributed by atoms with van der Waals surface area (Å²) in [7, 11) is 0. The molecule has 2 heteroatoms. The molecule has 0 aliphatic heterocycles. The van der Waals surface area contributed by atoms with Gasteiger partial charge in [-0.3, -0.25) is 0 Å². The molecule has 0 radical (unpaired) electrons. The van der Waals surface area contributed by atoms with Gasteiger partial charge in [-0.15, -0.1) is 4.57 Å². The SMILES string of the molecule is CCCCCCCCCCCCCCCC(=O)[n+]1ccccc1. The highest BCUT2D eigenvalue weighted by atomic mass is 16.1. The summed E-state index contributed by atoms with van der Waals surface area (Å²) in [5.74, 6) is 0.216. The summed E-state index contributed by atoms with van der Waals surface area (Å²) in [6.07, 6.45) is 21.8. The number of hydrogen-bond donors (Lipinski definition) is 0. The van der Waals surface area contributed by atoms with Gasteiger partial charge >= 0.3 is 5.91 Å². The number of unbranched alkanes of at least 4 members (excludes halogenated alkanes) is 12. The van der Waals surface area contributed by atoms with E-state index < -0.39 is 0 Å². The lowest BCUT2D eigenvalue weighted by molar-refractivity contribution is -0.574. The van der Waals surface area contributed by atoms with Gasteiger partial charge in [0, 0.05) is 12.1 Å². The molecule has 0 amide bonds. The largest absolute Gasteiger partial charge is 0.392 e. The van der Waals surface area contributed by atoms with Crippen LogP contribution in [0.5, 0.6) is 0 Å². The number of hydrogen-bond acceptors (Lipinski definition) is 1. The van der Waals surface area contributed by atoms with Crippen molar-refractivity contribution >= 4 is 5.91 Å². The van der Waals surface area contributed by atoms with Crippen molar-refractivity contribution in [3.05, 3.63) is 30.6 Å². The molecule has 1 aromatic rings. The Labute approximate surface area is 143 Å². The molecule has 1 aromatic heterocycles. The fourth-order valence-corrected chi connectivity index (χ4v) is 2.99. The molecule has 0 unspecified atom stereocenters. The van der Waals surface area contributed by atoms with Gasteiger partial charge in [-0.05, 0) is 6.42 Å². The van der Waals surface area contributed by atoms with Crippen LogP contribution < -0.4 is 4.57 Å². The fourth-order valence-electron chi connectivity index (χ4n) is 2.99. The molecule has 0 bridgehead atoms. The van der Waals surface area contributed by atoms with E-state index in [0.717, 1.165) is 6.42 Å². The second kappa shape index (κ2) is 14.4. The molecule has 0 aromatic carbocycles. The van der Waals surface area contributed by atoms with Gasteiger partial charge in [0.05, 0.1) is 6.42 Å². The molecular formula is C21H36NO+. The molecule has 0 atom stereocenters. The third-order valence-corrected chi connectivity index (χ3v) is 4.50. The molecule has 0 N–H and O–H groups in total. The van der Waals surface area contributed by atoms with Crippen molar-refractivity contribution in [1.29, 1.82) is 0 Å². The van der Waals surface area contributed by atoms with Crippen molar-refractivity contribution in [2.24, 2.45) is 0 Å². The minimum Gasteiger partial charge on any atom is -0.219 e. The average molecular weight is 319 g/mol. The van der Waals surface area contributed by atoms with Gasteiger partial charge in [0.15, 0.2) is 12.4 Å². The summed E-state index contributed by atoms with van der Waals surface area (Å²) in [4.78, 5) is 11.9. The molecular weight excluding hydrogens is 282 g/mol. The van der Waals surface area contributed by atoms with Crippen LogP contribution in [0, 0.1) is 0 Å². The zero-order chi connectivity index (χ0) is 16.6. The van der Waals surface area contributed by atoms with E-state index in [9.17, 15) is 4.79 Å². The van der Waals surface area contributed by atoms with Crippen LogP contribution in [0.1, 0.15) is 102 Å². The predicted octanol–water partition coefficient (Wildman–Crippen LogP) is 6.10. The highest BCUT2D eigenvalue weighted by Gasteiger charge is 2.11. The lowest BCUT2D eigenvalue weighted by Gasteiger charge is -2.02. The highest BCUT2D eigenvalue weighted by Crippen LogP contribution is 2.12. The first-order valence-corrected chi connectivity index (χ1v) is 9.84. The van der Waals surface area contributed by atoms with Crippen molar-refractivity contribution in [3.8, 4) is 0 Å². The molecule has 0 saturated carbocycles. The summed E-state index contributed by atoms with van der Waals surface area (Å²) in [6.45, 7) is 2.27. The second-order valence-electron chi connectivity index (χ2n) is 6.67. The first-order valence-electron chi connectivity index (χ1n) is 9.84. The average Bonchev–Trinajstić information content (AvgIpc) is 2.59. The molecule has 0 fully saturated rings. The third-order valence-electron chi connectivity index (χ3n) is 4.50. The zero-order valence-corrected chi connectivity index (χ0v) is 15.1. The quantitative estimate of drug-likeness (QED) is 0.300. The van der Waals surface area contributed by atoms with Crippen LogP contribution in [0.3, 0.4) is 0 Å². The molecule has 23 heavy (non-hydrogen) atoms. The third kappa shape index (κ3) is 11.1. The van der Waals surface area contributed by atoms with Crippen LogP contribution >= 0.6 is 0 Å². The molecule has 0 saturated heterocycles. The van der Waals surface area contributed by atoms with Gasteiger partial charge in [0.2, 0.25) is 0 Å². The van der Waals surface area contributed by atoms with Crippen molar-refractivity contribution in [1.82, 2.24) is 0 Å². The maximum absolute atomic E-state index is 11.9. The van der Waals surface area contributed by atoms with E-state index in [4.69, 9.17) is 0 Å². The minimum absolute atomic E-state index is 0.216. The summed E-state index contributed by atoms with van der Waals surface area (Å²) in [5, 5.41) is 0. The normalized spacial score (nSPS) is 10.8. The predicted molar refractivity (Wildman–Crippen MR) is 97.6 cm³/mol. The van der Waals surface area contributed by atoms with Crippen LogP contribution in [0.2, 0.25) is 0 Å². The number of carbonyl (C=O) groups is 1. The Morgan fingerprint density at radius 1 is 0.652 bits per heavy atom. The summed E-state index contributed by atoms with van der Waals surface area (Å²) in [6, 6.07) is 5.75. The molecule has 1 heterocycles. The van der Waals surface area contributed by atoms with E-state index >= 15 is 0 Å². The monoisotopic (exact) mass is 318 g/mol. The highest BCUT2D eigenvalue weighted by molar-refractivity contribution is 5.66. The smallest absolute Gasteiger partial charge is 0.219 e. The van der Waals surface area contributed by atoms with Gasteiger partial charge in [0.1, 0.15) is 0 Å². The maximum atomic E-state index is 11.9. The van der Waals surface area contributed by atoms with E-state index in [0.29, 0.717) is 6.42 Å². The van der Waals surface area contributed by atoms with Crippen LogP contribution in [-0.4, -0.2) is 5.91 Å². The zero-order valence-electron chi connectivity index (χ0n) is 15.1. The van der Waals surface area contributed by atoms with Crippen molar-refractivity contribution in [3.63, 3.8) is 0 Å². The van der Waals surface area contributed by atoms with Gasteiger partial charge in [-0.25, -0.2) is 4.79 Å². The van der Waals surface area contributed by atoms with Crippen LogP contribution in [0.25, 0.3) is 0 Å². The van der Waals surface area contributed by atoms with E-state index in [2.05, 4.69) is 6.92 Å². The van der Waals surface area contributed by atoms with Gasteiger partial charge < -0.3 is 0 Å². The second-order valence-corrected chi connectivity index (χ2v) is 6.67. The van der Waals surface area contributed by atoms with Crippen molar-refractivity contribution < 1.29 is 9.36 Å². The number of nitrogens with zero attached hydrogens (tertiary/aromatic N) is 1. The molecule has 0 spiro atoms. The lowest BCUT2D eigenvalue weighted by atomic mass is 10.0. The Hall–Kier alpha value is -1.18. The van der Waals surface area contributed by atoms with Crippen LogP contribution in [-0.2, 0) is 0 Å². The van der Waals surface area contributed by atoms with Gasteiger partial charge in [-0.1, -0.05) is 90.0 Å². The lowest BCUT2D eigenvalue weighted by Crippen LogP contribution is -2.41. The Morgan fingerprint density at radius 3 is 1.57 bits per heavy atom. The molecule has 1 rings (SSSR count). The van der Waals surface area contributed by atoms with Crippen molar-refractivity contribution in [2.75, 3.05) is 0 Å². The summed E-state index contributed by atoms with van der Waals surface area (Å²) in [5.41, 5.74) is 0. The number of rotatable bonds is 14. The van der Waals surface area contributed by atoms with Gasteiger partial charge in [0.25, 0.3) is 0 Å². The van der Waals surface area contributed by atoms with E-state index in [1.165, 1.54) is 77.0 Å². The Bertz CT molecular complexity index is 388. The van der Waals surface area contributed by atoms with Gasteiger partial charge in [-0.2, -0.15) is 0 Å². The van der Waals surface area contributed by atoms with E-state index in [-0.39, 0.29) is 5.91 Å². The minimum atomic E-state index is 0.216. The number of aromatic nitrogens is 1. The van der Waals surface area contributed by atoms with Crippen LogP contribution in [0.15, 0.2) is 30.6 Å². The topological polar surface area (TPSA) is 20.9 Å². The fraction of sp³-hybridized carbons (Fsp3) is 0.714. The number of carbonyl (C=O) groups excluding carboxylic acids is 1. The standard InChI is InChI=1S/C21H36NO/c1-2-3-4-5-6-7-8-9-10-11-12-13-15-18-21(23)22-19-16-14-17-20-22/h14,16-17,19-20H,2-13,15,18H2,1H3/q+1. The summed E-state index contributed by atoms with van der Waals surface area (Å²) >= 11 is 0. The molecule has 0 aliphatic carbocycles. The van der Waals surface area contributed by atoms with E-state index in [1.807, 2.05) is 30.6 Å². The first-order chi connectivity index (χ1) is 11.3. The summed E-state index contributed by atoms with van der Waals surface area (Å²) < 4.78 is 1.69. The Morgan fingerprint density at radius 2 is 1.09 bits per heavy atom. The Kier molecular flexibility index (Phi) is 12.5. The molecule has 2 nitrogen and oxygen atoms in total. The Balaban J connectivity index is 1.82. The molecule has 0 aliphatic rings. The van der Waals surface area contributed by atoms with Crippen LogP contribution in [0.4, 0.5) is 0 Å². The molecule has 130 valence electrons.